The van der Waals surface area contributed by atoms with Crippen molar-refractivity contribution < 1.29 is 9.18 Å². The van der Waals surface area contributed by atoms with E-state index in [0.29, 0.717) is 20.7 Å². The van der Waals surface area contributed by atoms with Crippen LogP contribution < -0.4 is 5.32 Å². The van der Waals surface area contributed by atoms with E-state index < -0.39 is 5.82 Å². The minimum Gasteiger partial charge on any atom is -0.320 e. The molecule has 2 aromatic carbocycles. The first-order valence-corrected chi connectivity index (χ1v) is 7.15. The number of rotatable bonds is 2. The minimum atomic E-state index is -0.488. The zero-order chi connectivity index (χ0) is 14.9. The molecule has 0 unspecified atom stereocenters. The van der Waals surface area contributed by atoms with Gasteiger partial charge in [-0.1, -0.05) is 29.3 Å². The number of hydrogen-bond acceptors (Lipinski definition) is 1. The van der Waals surface area contributed by atoms with Crippen molar-refractivity contribution in [2.45, 2.75) is 6.92 Å². The molecule has 0 bridgehead atoms. The SMILES string of the molecule is Cc1ccc(C(=O)Nc2c(Cl)cc(F)cc2Br)cc1Cl. The molecule has 0 atom stereocenters. The summed E-state index contributed by atoms with van der Waals surface area (Å²) in [5, 5.41) is 3.24. The summed E-state index contributed by atoms with van der Waals surface area (Å²) in [5.41, 5.74) is 1.59. The summed E-state index contributed by atoms with van der Waals surface area (Å²) in [4.78, 5) is 12.1. The highest BCUT2D eigenvalue weighted by Crippen LogP contribution is 2.32. The van der Waals surface area contributed by atoms with Crippen LogP contribution in [0.25, 0.3) is 0 Å². The molecular formula is C14H9BrCl2FNO. The highest BCUT2D eigenvalue weighted by molar-refractivity contribution is 9.10. The highest BCUT2D eigenvalue weighted by Gasteiger charge is 2.13. The van der Waals surface area contributed by atoms with Crippen molar-refractivity contribution in [3.63, 3.8) is 0 Å². The van der Waals surface area contributed by atoms with Gasteiger partial charge in [0.1, 0.15) is 5.82 Å². The van der Waals surface area contributed by atoms with Crippen LogP contribution in [0.3, 0.4) is 0 Å². The number of carbonyl (C=O) groups is 1. The van der Waals surface area contributed by atoms with Crippen LogP contribution in [0.2, 0.25) is 10.0 Å². The van der Waals surface area contributed by atoms with Gasteiger partial charge in [0.15, 0.2) is 0 Å². The van der Waals surface area contributed by atoms with Crippen molar-refractivity contribution in [2.75, 3.05) is 5.32 Å². The molecule has 1 amide bonds. The molecular weight excluding hydrogens is 368 g/mol. The fraction of sp³-hybridized carbons (Fsp3) is 0.0714. The molecule has 2 nitrogen and oxygen atoms in total. The van der Waals surface area contributed by atoms with Gasteiger partial charge in [0.05, 0.1) is 10.7 Å². The predicted molar refractivity (Wildman–Crippen MR) is 83.3 cm³/mol. The van der Waals surface area contributed by atoms with Gasteiger partial charge >= 0.3 is 0 Å². The molecule has 0 spiro atoms. The molecule has 0 saturated carbocycles. The lowest BCUT2D eigenvalue weighted by molar-refractivity contribution is 0.102. The molecule has 0 heterocycles. The van der Waals surface area contributed by atoms with E-state index >= 15 is 0 Å². The lowest BCUT2D eigenvalue weighted by atomic mass is 10.1. The lowest BCUT2D eigenvalue weighted by Gasteiger charge is -2.10. The Labute approximate surface area is 134 Å². The third kappa shape index (κ3) is 3.32. The summed E-state index contributed by atoms with van der Waals surface area (Å²) in [6.45, 7) is 1.84. The van der Waals surface area contributed by atoms with Gasteiger partial charge in [-0.15, -0.1) is 0 Å². The van der Waals surface area contributed by atoms with Gasteiger partial charge in [-0.2, -0.15) is 0 Å². The van der Waals surface area contributed by atoms with Crippen LogP contribution in [-0.2, 0) is 0 Å². The van der Waals surface area contributed by atoms with E-state index in [-0.39, 0.29) is 10.9 Å². The Balaban J connectivity index is 2.30. The first-order chi connectivity index (χ1) is 9.38. The molecule has 0 aliphatic carbocycles. The van der Waals surface area contributed by atoms with Gasteiger partial charge < -0.3 is 5.32 Å². The fourth-order valence-corrected chi connectivity index (χ4v) is 2.66. The molecule has 0 aliphatic rings. The molecule has 0 aliphatic heterocycles. The summed E-state index contributed by atoms with van der Waals surface area (Å²) >= 11 is 15.1. The molecule has 0 fully saturated rings. The van der Waals surface area contributed by atoms with Crippen LogP contribution in [0.4, 0.5) is 10.1 Å². The number of nitrogens with one attached hydrogen (secondary N) is 1. The second-order valence-corrected chi connectivity index (χ2v) is 5.83. The van der Waals surface area contributed by atoms with Crippen LogP contribution in [0, 0.1) is 12.7 Å². The molecule has 0 aromatic heterocycles. The number of benzene rings is 2. The Bertz CT molecular complexity index is 668. The summed E-state index contributed by atoms with van der Waals surface area (Å²) < 4.78 is 13.5. The smallest absolute Gasteiger partial charge is 0.255 e. The number of hydrogen-bond donors (Lipinski definition) is 1. The highest BCUT2D eigenvalue weighted by atomic mass is 79.9. The summed E-state index contributed by atoms with van der Waals surface area (Å²) in [5.74, 6) is -0.862. The Hall–Kier alpha value is -1.10. The zero-order valence-electron chi connectivity index (χ0n) is 10.3. The van der Waals surface area contributed by atoms with Crippen LogP contribution in [0.15, 0.2) is 34.8 Å². The third-order valence-corrected chi connectivity index (χ3v) is 4.01. The third-order valence-electron chi connectivity index (χ3n) is 2.68. The fourth-order valence-electron chi connectivity index (χ4n) is 1.58. The van der Waals surface area contributed by atoms with Gasteiger partial charge in [0, 0.05) is 15.1 Å². The maximum atomic E-state index is 13.1. The van der Waals surface area contributed by atoms with E-state index in [9.17, 15) is 9.18 Å². The van der Waals surface area contributed by atoms with Crippen LogP contribution in [0.5, 0.6) is 0 Å². The van der Waals surface area contributed by atoms with Crippen molar-refractivity contribution >= 4 is 50.7 Å². The molecule has 0 radical (unpaired) electrons. The number of amides is 1. The van der Waals surface area contributed by atoms with E-state index in [1.807, 2.05) is 6.92 Å². The Kier molecular flexibility index (Phi) is 4.68. The van der Waals surface area contributed by atoms with E-state index in [4.69, 9.17) is 23.2 Å². The molecule has 6 heteroatoms. The first-order valence-electron chi connectivity index (χ1n) is 5.60. The summed E-state index contributed by atoms with van der Waals surface area (Å²) in [6, 6.07) is 7.33. The van der Waals surface area contributed by atoms with Gasteiger partial charge in [-0.25, -0.2) is 4.39 Å². The number of halogens is 4. The van der Waals surface area contributed by atoms with E-state index in [1.165, 1.54) is 6.07 Å². The summed E-state index contributed by atoms with van der Waals surface area (Å²) in [6.07, 6.45) is 0. The maximum absolute atomic E-state index is 13.1. The number of aryl methyl sites for hydroxylation is 1. The lowest BCUT2D eigenvalue weighted by Crippen LogP contribution is -2.13. The average Bonchev–Trinajstić information content (AvgIpc) is 2.36. The molecule has 0 saturated heterocycles. The molecule has 20 heavy (non-hydrogen) atoms. The summed E-state index contributed by atoms with van der Waals surface area (Å²) in [7, 11) is 0. The van der Waals surface area contributed by atoms with E-state index in [1.54, 1.807) is 18.2 Å². The van der Waals surface area contributed by atoms with Crippen molar-refractivity contribution in [3.8, 4) is 0 Å². The normalized spacial score (nSPS) is 10.4. The van der Waals surface area contributed by atoms with Crippen LogP contribution in [0.1, 0.15) is 15.9 Å². The van der Waals surface area contributed by atoms with Gasteiger partial charge in [-0.3, -0.25) is 4.79 Å². The minimum absolute atomic E-state index is 0.114. The first kappa shape index (κ1) is 15.3. The monoisotopic (exact) mass is 375 g/mol. The number of anilines is 1. The average molecular weight is 377 g/mol. The predicted octanol–water partition coefficient (Wildman–Crippen LogP) is 5.46. The molecule has 104 valence electrons. The number of carbonyl (C=O) groups excluding carboxylic acids is 1. The molecule has 1 N–H and O–H groups in total. The van der Waals surface area contributed by atoms with Gasteiger partial charge in [0.2, 0.25) is 0 Å². The second-order valence-electron chi connectivity index (χ2n) is 4.16. The maximum Gasteiger partial charge on any atom is 0.255 e. The van der Waals surface area contributed by atoms with Gasteiger partial charge in [0.25, 0.3) is 5.91 Å². The largest absolute Gasteiger partial charge is 0.320 e. The Morgan fingerprint density at radius 3 is 2.50 bits per heavy atom. The van der Waals surface area contributed by atoms with Crippen molar-refractivity contribution in [1.29, 1.82) is 0 Å². The van der Waals surface area contributed by atoms with Crippen LogP contribution in [-0.4, -0.2) is 5.91 Å². The molecule has 2 rings (SSSR count). The Morgan fingerprint density at radius 2 is 1.90 bits per heavy atom. The van der Waals surface area contributed by atoms with Crippen molar-refractivity contribution in [1.82, 2.24) is 0 Å². The standard InChI is InChI=1S/C14H9BrCl2FNO/c1-7-2-3-8(4-11(7)16)14(20)19-13-10(15)5-9(18)6-12(13)17/h2-6H,1H3,(H,19,20). The topological polar surface area (TPSA) is 29.1 Å². The van der Waals surface area contributed by atoms with Crippen molar-refractivity contribution in [2.24, 2.45) is 0 Å². The quantitative estimate of drug-likeness (QED) is 0.741. The molecule has 2 aromatic rings. The second kappa shape index (κ2) is 6.12. The zero-order valence-corrected chi connectivity index (χ0v) is 13.4. The van der Waals surface area contributed by atoms with E-state index in [2.05, 4.69) is 21.2 Å². The van der Waals surface area contributed by atoms with E-state index in [0.717, 1.165) is 11.6 Å². The van der Waals surface area contributed by atoms with Crippen LogP contribution >= 0.6 is 39.1 Å². The van der Waals surface area contributed by atoms with Crippen molar-refractivity contribution in [3.05, 3.63) is 61.8 Å². The Morgan fingerprint density at radius 1 is 1.20 bits per heavy atom. The van der Waals surface area contributed by atoms with Gasteiger partial charge in [-0.05, 0) is 52.7 Å².